The zero-order valence-corrected chi connectivity index (χ0v) is 8.29. The molecule has 0 heterocycles. The summed E-state index contributed by atoms with van der Waals surface area (Å²) in [6.45, 7) is 5.41. The van der Waals surface area contributed by atoms with E-state index >= 15 is 0 Å². The highest BCUT2D eigenvalue weighted by atomic mass is 32.1. The molecule has 1 aliphatic rings. The standard InChI is InChI=1S/C10H15FS/c1-7-5-9(6-10(7)12)4-3-8(2)11/h7,9H,2-6H2,1H3. The van der Waals surface area contributed by atoms with Gasteiger partial charge in [-0.25, -0.2) is 4.39 Å². The van der Waals surface area contributed by atoms with Crippen molar-refractivity contribution >= 4 is 17.1 Å². The lowest BCUT2D eigenvalue weighted by atomic mass is 10.0. The van der Waals surface area contributed by atoms with Crippen LogP contribution in [0.5, 0.6) is 0 Å². The van der Waals surface area contributed by atoms with Crippen molar-refractivity contribution in [3.63, 3.8) is 0 Å². The van der Waals surface area contributed by atoms with Crippen molar-refractivity contribution in [2.24, 2.45) is 11.8 Å². The number of hydrogen-bond donors (Lipinski definition) is 0. The molecule has 0 aromatic carbocycles. The van der Waals surface area contributed by atoms with Gasteiger partial charge >= 0.3 is 0 Å². The molecule has 1 rings (SSSR count). The first kappa shape index (κ1) is 9.85. The summed E-state index contributed by atoms with van der Waals surface area (Å²) >= 11 is 5.18. The van der Waals surface area contributed by atoms with E-state index in [0.717, 1.165) is 19.3 Å². The van der Waals surface area contributed by atoms with E-state index < -0.39 is 0 Å². The number of rotatable bonds is 3. The minimum absolute atomic E-state index is 0.194. The monoisotopic (exact) mass is 186 g/mol. The number of allylic oxidation sites excluding steroid dienone is 1. The predicted octanol–water partition coefficient (Wildman–Crippen LogP) is 3.67. The van der Waals surface area contributed by atoms with Gasteiger partial charge in [-0.1, -0.05) is 25.7 Å². The predicted molar refractivity (Wildman–Crippen MR) is 54.0 cm³/mol. The van der Waals surface area contributed by atoms with Crippen molar-refractivity contribution in [1.82, 2.24) is 0 Å². The summed E-state index contributed by atoms with van der Waals surface area (Å²) < 4.78 is 12.3. The van der Waals surface area contributed by atoms with Crippen LogP contribution in [0.1, 0.15) is 32.6 Å². The molecule has 0 aliphatic heterocycles. The second-order valence-electron chi connectivity index (χ2n) is 3.73. The fourth-order valence-corrected chi connectivity index (χ4v) is 2.11. The Morgan fingerprint density at radius 3 is 2.83 bits per heavy atom. The lowest BCUT2D eigenvalue weighted by Crippen LogP contribution is -1.95. The van der Waals surface area contributed by atoms with Crippen LogP contribution >= 0.6 is 12.2 Å². The highest BCUT2D eigenvalue weighted by Gasteiger charge is 2.25. The Morgan fingerprint density at radius 1 is 1.75 bits per heavy atom. The molecule has 0 aromatic rings. The van der Waals surface area contributed by atoms with Crippen LogP contribution in [-0.4, -0.2) is 4.86 Å². The highest BCUT2D eigenvalue weighted by molar-refractivity contribution is 7.80. The lowest BCUT2D eigenvalue weighted by Gasteiger charge is -2.06. The summed E-state index contributed by atoms with van der Waals surface area (Å²) in [7, 11) is 0. The van der Waals surface area contributed by atoms with Crippen molar-refractivity contribution in [2.45, 2.75) is 32.6 Å². The van der Waals surface area contributed by atoms with E-state index in [2.05, 4.69) is 13.5 Å². The molecule has 0 saturated heterocycles. The van der Waals surface area contributed by atoms with Gasteiger partial charge in [-0.05, 0) is 42.4 Å². The molecule has 1 aliphatic carbocycles. The maximum Gasteiger partial charge on any atom is 0.0928 e. The van der Waals surface area contributed by atoms with Crippen molar-refractivity contribution in [3.8, 4) is 0 Å². The first-order chi connectivity index (χ1) is 5.59. The van der Waals surface area contributed by atoms with Gasteiger partial charge in [0.2, 0.25) is 0 Å². The number of thiocarbonyl (C=S) groups is 1. The molecule has 68 valence electrons. The van der Waals surface area contributed by atoms with Crippen LogP contribution in [0, 0.1) is 11.8 Å². The van der Waals surface area contributed by atoms with E-state index in [4.69, 9.17) is 12.2 Å². The Hall–Kier alpha value is -0.240. The zero-order chi connectivity index (χ0) is 9.14. The Labute approximate surface area is 78.9 Å². The fraction of sp³-hybridized carbons (Fsp3) is 0.700. The molecule has 2 atom stereocenters. The first-order valence-electron chi connectivity index (χ1n) is 4.45. The fourth-order valence-electron chi connectivity index (χ4n) is 1.78. The van der Waals surface area contributed by atoms with Gasteiger partial charge in [0.25, 0.3) is 0 Å². The second kappa shape index (κ2) is 4.13. The Bertz CT molecular complexity index is 198. The SMILES string of the molecule is C=C(F)CCC1CC(=S)C(C)C1. The minimum atomic E-state index is -0.194. The molecular formula is C10H15FS. The maximum atomic E-state index is 12.3. The number of hydrogen-bond acceptors (Lipinski definition) is 1. The largest absolute Gasteiger partial charge is 0.212 e. The smallest absolute Gasteiger partial charge is 0.0928 e. The average Bonchev–Trinajstić information content (AvgIpc) is 2.28. The summed E-state index contributed by atoms with van der Waals surface area (Å²) in [6, 6.07) is 0. The Kier molecular flexibility index (Phi) is 3.39. The van der Waals surface area contributed by atoms with Crippen molar-refractivity contribution < 1.29 is 4.39 Å². The van der Waals surface area contributed by atoms with Gasteiger partial charge in [0.05, 0.1) is 5.83 Å². The summed E-state index contributed by atoms with van der Waals surface area (Å²) in [6.07, 6.45) is 3.59. The maximum absolute atomic E-state index is 12.3. The molecule has 0 aromatic heterocycles. The van der Waals surface area contributed by atoms with E-state index in [1.807, 2.05) is 0 Å². The normalized spacial score (nSPS) is 29.3. The van der Waals surface area contributed by atoms with Crippen molar-refractivity contribution in [1.29, 1.82) is 0 Å². The molecular weight excluding hydrogens is 171 g/mol. The van der Waals surface area contributed by atoms with Gasteiger partial charge in [-0.15, -0.1) is 0 Å². The molecule has 0 bridgehead atoms. The third kappa shape index (κ3) is 2.67. The Balaban J connectivity index is 2.28. The zero-order valence-electron chi connectivity index (χ0n) is 7.48. The molecule has 2 heteroatoms. The van der Waals surface area contributed by atoms with E-state index in [0.29, 0.717) is 18.3 Å². The van der Waals surface area contributed by atoms with E-state index in [1.54, 1.807) is 0 Å². The van der Waals surface area contributed by atoms with Crippen LogP contribution in [0.2, 0.25) is 0 Å². The van der Waals surface area contributed by atoms with Crippen molar-refractivity contribution in [2.75, 3.05) is 0 Å². The van der Waals surface area contributed by atoms with E-state index in [9.17, 15) is 4.39 Å². The molecule has 1 fully saturated rings. The highest BCUT2D eigenvalue weighted by Crippen LogP contribution is 2.32. The molecule has 0 spiro atoms. The van der Waals surface area contributed by atoms with Crippen LogP contribution in [0.3, 0.4) is 0 Å². The second-order valence-corrected chi connectivity index (χ2v) is 4.25. The first-order valence-corrected chi connectivity index (χ1v) is 4.86. The molecule has 0 amide bonds. The van der Waals surface area contributed by atoms with Gasteiger partial charge in [0.1, 0.15) is 0 Å². The topological polar surface area (TPSA) is 0 Å². The molecule has 0 radical (unpaired) electrons. The Morgan fingerprint density at radius 2 is 2.42 bits per heavy atom. The molecule has 1 saturated carbocycles. The average molecular weight is 186 g/mol. The van der Waals surface area contributed by atoms with E-state index in [-0.39, 0.29) is 5.83 Å². The minimum Gasteiger partial charge on any atom is -0.212 e. The van der Waals surface area contributed by atoms with Gasteiger partial charge < -0.3 is 0 Å². The molecule has 0 nitrogen and oxygen atoms in total. The van der Waals surface area contributed by atoms with Crippen LogP contribution < -0.4 is 0 Å². The van der Waals surface area contributed by atoms with Crippen molar-refractivity contribution in [3.05, 3.63) is 12.4 Å². The summed E-state index contributed by atoms with van der Waals surface area (Å²) in [5.41, 5.74) is 0. The summed E-state index contributed by atoms with van der Waals surface area (Å²) in [4.78, 5) is 1.17. The molecule has 0 N–H and O–H groups in total. The van der Waals surface area contributed by atoms with Gasteiger partial charge in [0, 0.05) is 0 Å². The number of halogens is 1. The molecule has 2 unspecified atom stereocenters. The van der Waals surface area contributed by atoms with Gasteiger partial charge in [-0.3, -0.25) is 0 Å². The van der Waals surface area contributed by atoms with Gasteiger partial charge in [0.15, 0.2) is 0 Å². The van der Waals surface area contributed by atoms with Crippen LogP contribution in [0.15, 0.2) is 12.4 Å². The van der Waals surface area contributed by atoms with Crippen LogP contribution in [0.4, 0.5) is 4.39 Å². The van der Waals surface area contributed by atoms with Crippen LogP contribution in [0.25, 0.3) is 0 Å². The van der Waals surface area contributed by atoms with E-state index in [1.165, 1.54) is 4.86 Å². The lowest BCUT2D eigenvalue weighted by molar-refractivity contribution is 0.452. The van der Waals surface area contributed by atoms with Crippen LogP contribution in [-0.2, 0) is 0 Å². The quantitative estimate of drug-likeness (QED) is 0.606. The summed E-state index contributed by atoms with van der Waals surface area (Å²) in [5.74, 6) is 0.985. The molecule has 12 heavy (non-hydrogen) atoms. The third-order valence-corrected chi connectivity index (χ3v) is 3.12. The summed E-state index contributed by atoms with van der Waals surface area (Å²) in [5, 5.41) is 0. The van der Waals surface area contributed by atoms with Gasteiger partial charge in [-0.2, -0.15) is 0 Å². The third-order valence-electron chi connectivity index (χ3n) is 2.55.